The molecule has 5 heteroatoms. The fraction of sp³-hybridized carbons (Fsp3) is 0.556. The third kappa shape index (κ3) is 2.57. The molecule has 0 amide bonds. The molecule has 78 valence electrons. The standard InChI is InChI=1S/C9H13BrN2O2/c1-6-4-7(2)12(11-6)5-8(10)9(13)14-3/h4,8H,5H2,1-3H3. The van der Waals surface area contributed by atoms with Gasteiger partial charge in [0.05, 0.1) is 19.3 Å². The van der Waals surface area contributed by atoms with E-state index in [0.717, 1.165) is 11.4 Å². The predicted octanol–water partition coefficient (Wildman–Crippen LogP) is 1.44. The minimum Gasteiger partial charge on any atom is -0.468 e. The number of carbonyl (C=O) groups excluding carboxylic acids is 1. The SMILES string of the molecule is COC(=O)C(Br)Cn1nc(C)cc1C. The van der Waals surface area contributed by atoms with E-state index in [9.17, 15) is 4.79 Å². The van der Waals surface area contributed by atoms with E-state index in [1.807, 2.05) is 19.9 Å². The molecule has 0 fully saturated rings. The molecule has 0 spiro atoms. The highest BCUT2D eigenvalue weighted by Gasteiger charge is 2.16. The lowest BCUT2D eigenvalue weighted by Gasteiger charge is -2.08. The molecule has 1 aromatic rings. The summed E-state index contributed by atoms with van der Waals surface area (Å²) in [7, 11) is 1.37. The highest BCUT2D eigenvalue weighted by Crippen LogP contribution is 2.08. The molecule has 0 radical (unpaired) electrons. The number of rotatable bonds is 3. The topological polar surface area (TPSA) is 44.1 Å². The number of nitrogens with zero attached hydrogens (tertiary/aromatic N) is 2. The number of carbonyl (C=O) groups is 1. The molecule has 0 saturated carbocycles. The Bertz CT molecular complexity index is 336. The largest absolute Gasteiger partial charge is 0.468 e. The first kappa shape index (κ1) is 11.2. The van der Waals surface area contributed by atoms with Crippen molar-refractivity contribution >= 4 is 21.9 Å². The molecule has 14 heavy (non-hydrogen) atoms. The number of aryl methyl sites for hydroxylation is 2. The zero-order valence-electron chi connectivity index (χ0n) is 8.45. The number of esters is 1. The van der Waals surface area contributed by atoms with Crippen LogP contribution in [0.4, 0.5) is 0 Å². The lowest BCUT2D eigenvalue weighted by Crippen LogP contribution is -2.22. The quantitative estimate of drug-likeness (QED) is 0.610. The van der Waals surface area contributed by atoms with Gasteiger partial charge in [-0.1, -0.05) is 15.9 Å². The number of halogens is 1. The predicted molar refractivity (Wildman–Crippen MR) is 56.4 cm³/mol. The fourth-order valence-corrected chi connectivity index (χ4v) is 1.68. The molecule has 0 aliphatic rings. The summed E-state index contributed by atoms with van der Waals surface area (Å²) in [6, 6.07) is 1.97. The zero-order chi connectivity index (χ0) is 10.7. The number of alkyl halides is 1. The average Bonchev–Trinajstić information content (AvgIpc) is 2.44. The summed E-state index contributed by atoms with van der Waals surface area (Å²) in [5.74, 6) is -0.280. The number of ether oxygens (including phenoxy) is 1. The van der Waals surface area contributed by atoms with Crippen LogP contribution in [-0.4, -0.2) is 27.7 Å². The van der Waals surface area contributed by atoms with Gasteiger partial charge in [-0.05, 0) is 19.9 Å². The van der Waals surface area contributed by atoms with Crippen molar-refractivity contribution in [1.29, 1.82) is 0 Å². The molecule has 1 aromatic heterocycles. The summed E-state index contributed by atoms with van der Waals surface area (Å²) in [6.45, 7) is 4.37. The van der Waals surface area contributed by atoms with Crippen molar-refractivity contribution < 1.29 is 9.53 Å². The zero-order valence-corrected chi connectivity index (χ0v) is 10.0. The monoisotopic (exact) mass is 260 g/mol. The van der Waals surface area contributed by atoms with Crippen molar-refractivity contribution in [3.05, 3.63) is 17.5 Å². The van der Waals surface area contributed by atoms with E-state index in [2.05, 4.69) is 25.8 Å². The normalized spacial score (nSPS) is 12.6. The summed E-state index contributed by atoms with van der Waals surface area (Å²) < 4.78 is 6.39. The van der Waals surface area contributed by atoms with E-state index in [1.54, 1.807) is 4.68 Å². The van der Waals surface area contributed by atoms with Crippen LogP contribution in [0.15, 0.2) is 6.07 Å². The van der Waals surface area contributed by atoms with Crippen LogP contribution in [-0.2, 0) is 16.1 Å². The minimum atomic E-state index is -0.342. The van der Waals surface area contributed by atoms with Crippen LogP contribution >= 0.6 is 15.9 Å². The molecule has 1 unspecified atom stereocenters. The molecule has 0 aliphatic heterocycles. The van der Waals surface area contributed by atoms with E-state index >= 15 is 0 Å². The molecular weight excluding hydrogens is 248 g/mol. The fourth-order valence-electron chi connectivity index (χ4n) is 1.21. The molecule has 1 heterocycles. The van der Waals surface area contributed by atoms with E-state index < -0.39 is 0 Å². The van der Waals surface area contributed by atoms with Crippen LogP contribution in [0.2, 0.25) is 0 Å². The third-order valence-electron chi connectivity index (χ3n) is 1.89. The third-order valence-corrected chi connectivity index (χ3v) is 2.56. The van der Waals surface area contributed by atoms with Gasteiger partial charge in [-0.25, -0.2) is 0 Å². The van der Waals surface area contributed by atoms with Crippen molar-refractivity contribution in [2.45, 2.75) is 25.2 Å². The summed E-state index contributed by atoms with van der Waals surface area (Å²) in [4.78, 5) is 10.8. The van der Waals surface area contributed by atoms with Crippen LogP contribution in [0.5, 0.6) is 0 Å². The van der Waals surface area contributed by atoms with Gasteiger partial charge < -0.3 is 4.74 Å². The van der Waals surface area contributed by atoms with Crippen LogP contribution in [0.1, 0.15) is 11.4 Å². The molecular formula is C9H13BrN2O2. The number of hydrogen-bond donors (Lipinski definition) is 0. The van der Waals surface area contributed by atoms with Crippen molar-refractivity contribution in [3.8, 4) is 0 Å². The molecule has 1 rings (SSSR count). The van der Waals surface area contributed by atoms with E-state index in [4.69, 9.17) is 0 Å². The number of methoxy groups -OCH3 is 1. The van der Waals surface area contributed by atoms with Gasteiger partial charge in [-0.15, -0.1) is 0 Å². The number of aromatic nitrogens is 2. The Balaban J connectivity index is 2.69. The van der Waals surface area contributed by atoms with Crippen molar-refractivity contribution in [2.24, 2.45) is 0 Å². The first-order valence-corrected chi connectivity index (χ1v) is 5.19. The van der Waals surface area contributed by atoms with Gasteiger partial charge in [0.2, 0.25) is 0 Å². The van der Waals surface area contributed by atoms with Gasteiger partial charge in [0, 0.05) is 5.69 Å². The Morgan fingerprint density at radius 1 is 1.71 bits per heavy atom. The Kier molecular flexibility index (Phi) is 3.69. The Morgan fingerprint density at radius 3 is 2.79 bits per heavy atom. The summed E-state index contributed by atoms with van der Waals surface area (Å²) in [5.41, 5.74) is 1.99. The maximum absolute atomic E-state index is 11.1. The van der Waals surface area contributed by atoms with E-state index in [0.29, 0.717) is 6.54 Å². The van der Waals surface area contributed by atoms with Gasteiger partial charge in [-0.3, -0.25) is 9.48 Å². The van der Waals surface area contributed by atoms with E-state index in [1.165, 1.54) is 7.11 Å². The van der Waals surface area contributed by atoms with Gasteiger partial charge in [-0.2, -0.15) is 5.10 Å². The average molecular weight is 261 g/mol. The first-order valence-electron chi connectivity index (χ1n) is 4.27. The lowest BCUT2D eigenvalue weighted by atomic mass is 10.4. The van der Waals surface area contributed by atoms with E-state index in [-0.39, 0.29) is 10.8 Å². The lowest BCUT2D eigenvalue weighted by molar-refractivity contribution is -0.140. The number of hydrogen-bond acceptors (Lipinski definition) is 3. The highest BCUT2D eigenvalue weighted by atomic mass is 79.9. The van der Waals surface area contributed by atoms with Crippen LogP contribution < -0.4 is 0 Å². The molecule has 4 nitrogen and oxygen atoms in total. The van der Waals surface area contributed by atoms with Gasteiger partial charge in [0.1, 0.15) is 4.83 Å². The minimum absolute atomic E-state index is 0.280. The summed E-state index contributed by atoms with van der Waals surface area (Å²) in [5, 5.41) is 4.25. The molecule has 0 bridgehead atoms. The maximum atomic E-state index is 11.1. The summed E-state index contributed by atoms with van der Waals surface area (Å²) in [6.07, 6.45) is 0. The highest BCUT2D eigenvalue weighted by molar-refractivity contribution is 9.10. The molecule has 0 aromatic carbocycles. The first-order chi connectivity index (χ1) is 6.54. The molecule has 0 N–H and O–H groups in total. The Hall–Kier alpha value is -0.840. The van der Waals surface area contributed by atoms with Crippen LogP contribution in [0, 0.1) is 13.8 Å². The van der Waals surface area contributed by atoms with Crippen molar-refractivity contribution in [1.82, 2.24) is 9.78 Å². The van der Waals surface area contributed by atoms with Crippen LogP contribution in [0.3, 0.4) is 0 Å². The van der Waals surface area contributed by atoms with Crippen molar-refractivity contribution in [2.75, 3.05) is 7.11 Å². The molecule has 0 saturated heterocycles. The van der Waals surface area contributed by atoms with Gasteiger partial charge >= 0.3 is 5.97 Å². The second kappa shape index (κ2) is 4.59. The smallest absolute Gasteiger partial charge is 0.321 e. The molecule has 1 atom stereocenters. The Labute approximate surface area is 91.4 Å². The van der Waals surface area contributed by atoms with Gasteiger partial charge in [0.15, 0.2) is 0 Å². The Morgan fingerprint density at radius 2 is 2.36 bits per heavy atom. The molecule has 0 aliphatic carbocycles. The maximum Gasteiger partial charge on any atom is 0.321 e. The second-order valence-corrected chi connectivity index (χ2v) is 4.21. The van der Waals surface area contributed by atoms with Crippen molar-refractivity contribution in [3.63, 3.8) is 0 Å². The second-order valence-electron chi connectivity index (χ2n) is 3.10. The van der Waals surface area contributed by atoms with Gasteiger partial charge in [0.25, 0.3) is 0 Å². The van der Waals surface area contributed by atoms with Crippen LogP contribution in [0.25, 0.3) is 0 Å². The summed E-state index contributed by atoms with van der Waals surface area (Å²) >= 11 is 3.25.